The van der Waals surface area contributed by atoms with Crippen LogP contribution in [0.2, 0.25) is 0 Å². The van der Waals surface area contributed by atoms with Crippen molar-refractivity contribution >= 4 is 11.8 Å². The number of hydrogen-bond donors (Lipinski definition) is 1. The predicted molar refractivity (Wildman–Crippen MR) is 70.9 cm³/mol. The highest BCUT2D eigenvalue weighted by Crippen LogP contribution is 2.23. The van der Waals surface area contributed by atoms with E-state index in [1.165, 1.54) is 29.3 Å². The van der Waals surface area contributed by atoms with E-state index < -0.39 is 0 Å². The zero-order valence-corrected chi connectivity index (χ0v) is 10.7. The maximum atomic E-state index is 3.42. The summed E-state index contributed by atoms with van der Waals surface area (Å²) in [5.41, 5.74) is 2.50. The molecular weight excluding hydrogens is 216 g/mol. The SMILES string of the molecule is CCCCn1cccc1-c1ccc(SC)[nH]1. The summed E-state index contributed by atoms with van der Waals surface area (Å²) in [7, 11) is 0. The molecule has 0 aliphatic carbocycles. The van der Waals surface area contributed by atoms with Gasteiger partial charge in [-0.25, -0.2) is 0 Å². The van der Waals surface area contributed by atoms with Crippen molar-refractivity contribution in [2.45, 2.75) is 31.3 Å². The van der Waals surface area contributed by atoms with E-state index in [9.17, 15) is 0 Å². The van der Waals surface area contributed by atoms with Crippen LogP contribution in [0.3, 0.4) is 0 Å². The molecule has 0 spiro atoms. The highest BCUT2D eigenvalue weighted by molar-refractivity contribution is 7.98. The summed E-state index contributed by atoms with van der Waals surface area (Å²) in [6.07, 6.45) is 6.71. The Hall–Kier alpha value is -1.09. The van der Waals surface area contributed by atoms with E-state index in [0.29, 0.717) is 0 Å². The first kappa shape index (κ1) is 11.4. The van der Waals surface area contributed by atoms with Gasteiger partial charge in [-0.15, -0.1) is 11.8 Å². The molecule has 0 bridgehead atoms. The largest absolute Gasteiger partial charge is 0.349 e. The van der Waals surface area contributed by atoms with Crippen LogP contribution in [-0.4, -0.2) is 15.8 Å². The fraction of sp³-hybridized carbons (Fsp3) is 0.385. The maximum absolute atomic E-state index is 3.42. The van der Waals surface area contributed by atoms with Crippen LogP contribution in [0.15, 0.2) is 35.5 Å². The average molecular weight is 234 g/mol. The molecule has 3 heteroatoms. The number of hydrogen-bond acceptors (Lipinski definition) is 1. The molecule has 0 atom stereocenters. The van der Waals surface area contributed by atoms with Crippen LogP contribution in [0.1, 0.15) is 19.8 Å². The van der Waals surface area contributed by atoms with Gasteiger partial charge >= 0.3 is 0 Å². The Balaban J connectivity index is 2.22. The smallest absolute Gasteiger partial charge is 0.0724 e. The molecule has 0 saturated heterocycles. The molecule has 0 amide bonds. The van der Waals surface area contributed by atoms with Crippen LogP contribution >= 0.6 is 11.8 Å². The molecule has 2 nitrogen and oxygen atoms in total. The van der Waals surface area contributed by atoms with E-state index in [-0.39, 0.29) is 0 Å². The third-order valence-corrected chi connectivity index (χ3v) is 3.42. The van der Waals surface area contributed by atoms with Crippen LogP contribution in [-0.2, 0) is 6.54 Å². The van der Waals surface area contributed by atoms with Crippen molar-refractivity contribution < 1.29 is 0 Å². The van der Waals surface area contributed by atoms with E-state index >= 15 is 0 Å². The molecule has 1 N–H and O–H groups in total. The number of thioether (sulfide) groups is 1. The molecule has 0 unspecified atom stereocenters. The zero-order chi connectivity index (χ0) is 11.4. The number of aromatic nitrogens is 2. The first-order valence-corrected chi connectivity index (χ1v) is 6.96. The average Bonchev–Trinajstić information content (AvgIpc) is 2.94. The maximum Gasteiger partial charge on any atom is 0.0724 e. The lowest BCUT2D eigenvalue weighted by Gasteiger charge is -2.06. The molecule has 0 radical (unpaired) electrons. The van der Waals surface area contributed by atoms with Crippen molar-refractivity contribution in [1.82, 2.24) is 9.55 Å². The lowest BCUT2D eigenvalue weighted by molar-refractivity contribution is 0.639. The Bertz CT molecular complexity index is 442. The second kappa shape index (κ2) is 5.30. The molecule has 16 heavy (non-hydrogen) atoms. The van der Waals surface area contributed by atoms with Gasteiger partial charge in [-0.1, -0.05) is 13.3 Å². The van der Waals surface area contributed by atoms with Gasteiger partial charge in [-0.3, -0.25) is 0 Å². The Morgan fingerprint density at radius 3 is 2.88 bits per heavy atom. The number of H-pyrrole nitrogens is 1. The van der Waals surface area contributed by atoms with Gasteiger partial charge < -0.3 is 9.55 Å². The number of rotatable bonds is 5. The number of aromatic amines is 1. The second-order valence-corrected chi connectivity index (χ2v) is 4.73. The lowest BCUT2D eigenvalue weighted by atomic mass is 10.3. The van der Waals surface area contributed by atoms with E-state index in [4.69, 9.17) is 0 Å². The number of aryl methyl sites for hydroxylation is 1. The quantitative estimate of drug-likeness (QED) is 0.775. The van der Waals surface area contributed by atoms with Crippen molar-refractivity contribution in [2.75, 3.05) is 6.26 Å². The van der Waals surface area contributed by atoms with Gasteiger partial charge in [0.25, 0.3) is 0 Å². The van der Waals surface area contributed by atoms with E-state index in [1.807, 2.05) is 0 Å². The highest BCUT2D eigenvalue weighted by atomic mass is 32.2. The molecule has 0 aliphatic rings. The van der Waals surface area contributed by atoms with E-state index in [2.05, 4.69) is 53.2 Å². The van der Waals surface area contributed by atoms with Crippen molar-refractivity contribution in [2.24, 2.45) is 0 Å². The van der Waals surface area contributed by atoms with Gasteiger partial charge in [-0.05, 0) is 36.9 Å². The van der Waals surface area contributed by atoms with Crippen LogP contribution in [0, 0.1) is 0 Å². The van der Waals surface area contributed by atoms with Gasteiger partial charge in [0.2, 0.25) is 0 Å². The molecule has 86 valence electrons. The minimum Gasteiger partial charge on any atom is -0.349 e. The van der Waals surface area contributed by atoms with Gasteiger partial charge in [0.1, 0.15) is 0 Å². The van der Waals surface area contributed by atoms with Gasteiger partial charge in [0, 0.05) is 12.7 Å². The van der Waals surface area contributed by atoms with E-state index in [1.54, 1.807) is 11.8 Å². The number of nitrogens with zero attached hydrogens (tertiary/aromatic N) is 1. The summed E-state index contributed by atoms with van der Waals surface area (Å²) < 4.78 is 2.32. The summed E-state index contributed by atoms with van der Waals surface area (Å²) >= 11 is 1.75. The predicted octanol–water partition coefficient (Wildman–Crippen LogP) is 4.01. The number of unbranched alkanes of at least 4 members (excludes halogenated alkanes) is 1. The third kappa shape index (κ3) is 2.35. The molecule has 0 aromatic carbocycles. The van der Waals surface area contributed by atoms with Crippen LogP contribution in [0.5, 0.6) is 0 Å². The Morgan fingerprint density at radius 1 is 1.31 bits per heavy atom. The Morgan fingerprint density at radius 2 is 2.19 bits per heavy atom. The standard InChI is InChI=1S/C13H18N2S/c1-3-4-9-15-10-5-6-12(15)11-7-8-13(14-11)16-2/h5-8,10,14H,3-4,9H2,1-2H3. The fourth-order valence-corrected chi connectivity index (χ4v) is 2.24. The highest BCUT2D eigenvalue weighted by Gasteiger charge is 2.05. The van der Waals surface area contributed by atoms with Crippen LogP contribution in [0.25, 0.3) is 11.4 Å². The summed E-state index contributed by atoms with van der Waals surface area (Å²) in [4.78, 5) is 3.42. The molecule has 2 rings (SSSR count). The van der Waals surface area contributed by atoms with Crippen molar-refractivity contribution in [1.29, 1.82) is 0 Å². The summed E-state index contributed by atoms with van der Waals surface area (Å²) in [5.74, 6) is 0. The van der Waals surface area contributed by atoms with Gasteiger partial charge in [0.05, 0.1) is 16.4 Å². The molecule has 0 aliphatic heterocycles. The van der Waals surface area contributed by atoms with Crippen molar-refractivity contribution in [3.8, 4) is 11.4 Å². The first-order valence-electron chi connectivity index (χ1n) is 5.73. The second-order valence-electron chi connectivity index (χ2n) is 3.88. The molecule has 2 aromatic rings. The molecule has 2 aromatic heterocycles. The Kier molecular flexibility index (Phi) is 3.78. The molecule has 2 heterocycles. The minimum absolute atomic E-state index is 1.10. The summed E-state index contributed by atoms with van der Waals surface area (Å²) in [5, 5.41) is 1.22. The minimum atomic E-state index is 1.10. The monoisotopic (exact) mass is 234 g/mol. The van der Waals surface area contributed by atoms with E-state index in [0.717, 1.165) is 6.54 Å². The first-order chi connectivity index (χ1) is 7.85. The van der Waals surface area contributed by atoms with Crippen molar-refractivity contribution in [3.63, 3.8) is 0 Å². The normalized spacial score (nSPS) is 10.9. The van der Waals surface area contributed by atoms with Crippen LogP contribution < -0.4 is 0 Å². The summed E-state index contributed by atoms with van der Waals surface area (Å²) in [6.45, 7) is 3.33. The molecule has 0 saturated carbocycles. The number of nitrogens with one attached hydrogen (secondary N) is 1. The van der Waals surface area contributed by atoms with Crippen molar-refractivity contribution in [3.05, 3.63) is 30.5 Å². The third-order valence-electron chi connectivity index (χ3n) is 2.74. The lowest BCUT2D eigenvalue weighted by Crippen LogP contribution is -1.98. The summed E-state index contributed by atoms with van der Waals surface area (Å²) in [6, 6.07) is 8.58. The molecular formula is C13H18N2S. The van der Waals surface area contributed by atoms with Gasteiger partial charge in [-0.2, -0.15) is 0 Å². The fourth-order valence-electron chi connectivity index (χ4n) is 1.83. The zero-order valence-electron chi connectivity index (χ0n) is 9.86. The van der Waals surface area contributed by atoms with Gasteiger partial charge in [0.15, 0.2) is 0 Å². The topological polar surface area (TPSA) is 20.7 Å². The molecule has 0 fully saturated rings. The van der Waals surface area contributed by atoms with Crippen LogP contribution in [0.4, 0.5) is 0 Å². The Labute approximate surface area is 101 Å².